The van der Waals surface area contributed by atoms with E-state index in [1.54, 1.807) is 0 Å². The van der Waals surface area contributed by atoms with Crippen LogP contribution >= 0.6 is 0 Å². The molecule has 1 aliphatic heterocycles. The van der Waals surface area contributed by atoms with E-state index in [2.05, 4.69) is 53.4 Å². The fourth-order valence-corrected chi connectivity index (χ4v) is 3.16. The van der Waals surface area contributed by atoms with Gasteiger partial charge in [-0.1, -0.05) is 30.3 Å². The minimum absolute atomic E-state index is 0.0651. The van der Waals surface area contributed by atoms with E-state index in [9.17, 15) is 0 Å². The predicted molar refractivity (Wildman–Crippen MR) is 111 cm³/mol. The number of hydrogen-bond acceptors (Lipinski definition) is 4. The van der Waals surface area contributed by atoms with Crippen LogP contribution in [0.5, 0.6) is 0 Å². The van der Waals surface area contributed by atoms with E-state index in [-0.39, 0.29) is 11.6 Å². The summed E-state index contributed by atoms with van der Waals surface area (Å²) in [6.45, 7) is 12.6. The molecular weight excluding hydrogens is 340 g/mol. The largest absolute Gasteiger partial charge is 0.379 e. The lowest BCUT2D eigenvalue weighted by atomic mass is 10.0. The fraction of sp³-hybridized carbons (Fsp3) is 0.667. The number of hydrogen-bond donors (Lipinski definition) is 2. The van der Waals surface area contributed by atoms with Crippen molar-refractivity contribution in [2.75, 3.05) is 53.0 Å². The van der Waals surface area contributed by atoms with Gasteiger partial charge in [0.25, 0.3) is 0 Å². The van der Waals surface area contributed by atoms with E-state index >= 15 is 0 Å². The number of nitrogens with zero attached hydrogens (tertiary/aromatic N) is 2. The first-order chi connectivity index (χ1) is 13.0. The zero-order valence-electron chi connectivity index (χ0n) is 17.3. The molecular formula is C21H36N4O2. The molecule has 2 rings (SSSR count). The molecule has 1 aliphatic rings. The summed E-state index contributed by atoms with van der Waals surface area (Å²) in [6.07, 6.45) is 1.06. The van der Waals surface area contributed by atoms with Gasteiger partial charge < -0.3 is 20.1 Å². The Kier molecular flexibility index (Phi) is 9.04. The Balaban J connectivity index is 1.62. The van der Waals surface area contributed by atoms with E-state index in [1.165, 1.54) is 5.56 Å². The first-order valence-corrected chi connectivity index (χ1v) is 9.97. The standard InChI is InChI=1S/C21H36N4O2/c1-18(19-9-6-5-7-10-19)27-14-8-11-23-20(22-4)24-17-21(2,3)25-12-15-26-16-13-25/h5-7,9-10,18H,8,11-17H2,1-4H3,(H2,22,23,24). The van der Waals surface area contributed by atoms with Crippen LogP contribution in [-0.2, 0) is 9.47 Å². The number of benzene rings is 1. The maximum atomic E-state index is 5.92. The summed E-state index contributed by atoms with van der Waals surface area (Å²) in [4.78, 5) is 6.79. The van der Waals surface area contributed by atoms with Crippen molar-refractivity contribution in [1.29, 1.82) is 0 Å². The third-order valence-electron chi connectivity index (χ3n) is 5.03. The average Bonchev–Trinajstić information content (AvgIpc) is 2.71. The van der Waals surface area contributed by atoms with Crippen LogP contribution in [0, 0.1) is 0 Å². The summed E-state index contributed by atoms with van der Waals surface area (Å²) in [5, 5.41) is 6.82. The van der Waals surface area contributed by atoms with Crippen LogP contribution in [0.4, 0.5) is 0 Å². The lowest BCUT2D eigenvalue weighted by Gasteiger charge is -2.41. The van der Waals surface area contributed by atoms with Gasteiger partial charge in [0, 0.05) is 45.4 Å². The van der Waals surface area contributed by atoms with Gasteiger partial charge in [-0.2, -0.15) is 0 Å². The van der Waals surface area contributed by atoms with Gasteiger partial charge in [-0.05, 0) is 32.8 Å². The normalized spacial score (nSPS) is 17.6. The molecule has 1 atom stereocenters. The van der Waals surface area contributed by atoms with Crippen LogP contribution in [0.25, 0.3) is 0 Å². The molecule has 0 aliphatic carbocycles. The summed E-state index contributed by atoms with van der Waals surface area (Å²) in [6, 6.07) is 10.3. The Labute approximate surface area is 164 Å². The summed E-state index contributed by atoms with van der Waals surface area (Å²) in [5.41, 5.74) is 1.28. The zero-order valence-corrected chi connectivity index (χ0v) is 17.3. The Hall–Kier alpha value is -1.63. The molecule has 1 fully saturated rings. The summed E-state index contributed by atoms with van der Waals surface area (Å²) in [5.74, 6) is 0.840. The highest BCUT2D eigenvalue weighted by Crippen LogP contribution is 2.16. The number of nitrogens with one attached hydrogen (secondary N) is 2. The summed E-state index contributed by atoms with van der Waals surface area (Å²) < 4.78 is 11.4. The fourth-order valence-electron chi connectivity index (χ4n) is 3.16. The molecule has 1 saturated heterocycles. The summed E-state index contributed by atoms with van der Waals surface area (Å²) >= 11 is 0. The first-order valence-electron chi connectivity index (χ1n) is 9.97. The van der Waals surface area contributed by atoms with Crippen LogP contribution in [0.15, 0.2) is 35.3 Å². The van der Waals surface area contributed by atoms with Crippen molar-refractivity contribution in [2.45, 2.75) is 38.8 Å². The average molecular weight is 377 g/mol. The molecule has 27 heavy (non-hydrogen) atoms. The van der Waals surface area contributed by atoms with E-state index in [1.807, 2.05) is 25.2 Å². The zero-order chi connectivity index (χ0) is 19.5. The summed E-state index contributed by atoms with van der Waals surface area (Å²) in [7, 11) is 1.81. The Morgan fingerprint density at radius 1 is 1.22 bits per heavy atom. The molecule has 0 amide bonds. The monoisotopic (exact) mass is 376 g/mol. The van der Waals surface area contributed by atoms with Crippen LogP contribution in [-0.4, -0.2) is 69.4 Å². The molecule has 0 bridgehead atoms. The smallest absolute Gasteiger partial charge is 0.191 e. The van der Waals surface area contributed by atoms with Crippen molar-refractivity contribution in [1.82, 2.24) is 15.5 Å². The molecule has 6 heteroatoms. The van der Waals surface area contributed by atoms with Gasteiger partial charge in [-0.3, -0.25) is 9.89 Å². The maximum Gasteiger partial charge on any atom is 0.191 e. The third-order valence-corrected chi connectivity index (χ3v) is 5.03. The van der Waals surface area contributed by atoms with Gasteiger partial charge in [-0.15, -0.1) is 0 Å². The highest BCUT2D eigenvalue weighted by Gasteiger charge is 2.28. The van der Waals surface area contributed by atoms with Crippen LogP contribution in [0.2, 0.25) is 0 Å². The van der Waals surface area contributed by atoms with Gasteiger partial charge in [0.15, 0.2) is 5.96 Å². The molecule has 152 valence electrons. The van der Waals surface area contributed by atoms with Crippen LogP contribution < -0.4 is 10.6 Å². The van der Waals surface area contributed by atoms with Crippen molar-refractivity contribution < 1.29 is 9.47 Å². The SMILES string of the molecule is CN=C(NCCCOC(C)c1ccccc1)NCC(C)(C)N1CCOCC1. The maximum absolute atomic E-state index is 5.92. The van der Waals surface area contributed by atoms with Crippen molar-refractivity contribution in [3.63, 3.8) is 0 Å². The number of morpholine rings is 1. The van der Waals surface area contributed by atoms with Gasteiger partial charge in [0.05, 0.1) is 19.3 Å². The molecule has 0 saturated carbocycles. The van der Waals surface area contributed by atoms with E-state index in [0.717, 1.165) is 58.4 Å². The van der Waals surface area contributed by atoms with Gasteiger partial charge in [-0.25, -0.2) is 0 Å². The molecule has 1 unspecified atom stereocenters. The van der Waals surface area contributed by atoms with Crippen molar-refractivity contribution in [3.05, 3.63) is 35.9 Å². The van der Waals surface area contributed by atoms with Crippen LogP contribution in [0.1, 0.15) is 38.9 Å². The predicted octanol–water partition coefficient (Wildman–Crippen LogP) is 2.43. The van der Waals surface area contributed by atoms with E-state index in [4.69, 9.17) is 9.47 Å². The quantitative estimate of drug-likeness (QED) is 0.394. The number of guanidine groups is 1. The lowest BCUT2D eigenvalue weighted by Crippen LogP contribution is -2.56. The van der Waals surface area contributed by atoms with Crippen LogP contribution in [0.3, 0.4) is 0 Å². The number of aliphatic imine (C=N–C) groups is 1. The second-order valence-corrected chi connectivity index (χ2v) is 7.54. The minimum atomic E-state index is 0.0651. The number of rotatable bonds is 9. The molecule has 6 nitrogen and oxygen atoms in total. The topological polar surface area (TPSA) is 58.1 Å². The Morgan fingerprint density at radius 2 is 1.93 bits per heavy atom. The van der Waals surface area contributed by atoms with Crippen molar-refractivity contribution >= 4 is 5.96 Å². The van der Waals surface area contributed by atoms with Gasteiger partial charge >= 0.3 is 0 Å². The second kappa shape index (κ2) is 11.3. The molecule has 2 N–H and O–H groups in total. The first kappa shape index (κ1) is 21.7. The molecule has 1 heterocycles. The van der Waals surface area contributed by atoms with Gasteiger partial charge in [0.2, 0.25) is 0 Å². The van der Waals surface area contributed by atoms with Crippen molar-refractivity contribution in [2.24, 2.45) is 4.99 Å². The van der Waals surface area contributed by atoms with E-state index in [0.29, 0.717) is 0 Å². The van der Waals surface area contributed by atoms with Gasteiger partial charge in [0.1, 0.15) is 0 Å². The lowest BCUT2D eigenvalue weighted by molar-refractivity contribution is -0.00834. The highest BCUT2D eigenvalue weighted by atomic mass is 16.5. The third kappa shape index (κ3) is 7.48. The Morgan fingerprint density at radius 3 is 2.59 bits per heavy atom. The molecule has 0 spiro atoms. The molecule has 0 radical (unpaired) electrons. The second-order valence-electron chi connectivity index (χ2n) is 7.54. The Bertz CT molecular complexity index is 557. The number of ether oxygens (including phenoxy) is 2. The molecule has 1 aromatic carbocycles. The van der Waals surface area contributed by atoms with Crippen molar-refractivity contribution in [3.8, 4) is 0 Å². The highest BCUT2D eigenvalue weighted by molar-refractivity contribution is 5.79. The molecule has 1 aromatic rings. The molecule has 0 aromatic heterocycles. The minimum Gasteiger partial charge on any atom is -0.379 e. The van der Waals surface area contributed by atoms with E-state index < -0.39 is 0 Å².